The average Bonchev–Trinajstić information content (AvgIpc) is 2.89. The zero-order valence-electron chi connectivity index (χ0n) is 10.4. The van der Waals surface area contributed by atoms with Gasteiger partial charge >= 0.3 is 0 Å². The maximum Gasteiger partial charge on any atom is 0.0120 e. The van der Waals surface area contributed by atoms with Crippen LogP contribution in [0.15, 0.2) is 16.8 Å². The van der Waals surface area contributed by atoms with Gasteiger partial charge in [0.2, 0.25) is 0 Å². The van der Waals surface area contributed by atoms with Gasteiger partial charge in [0, 0.05) is 19.1 Å². The van der Waals surface area contributed by atoms with E-state index in [0.29, 0.717) is 0 Å². The second-order valence-electron chi connectivity index (χ2n) is 5.43. The highest BCUT2D eigenvalue weighted by molar-refractivity contribution is 7.07. The minimum absolute atomic E-state index is 0.821. The van der Waals surface area contributed by atoms with E-state index >= 15 is 0 Å². The average molecular weight is 250 g/mol. The lowest BCUT2D eigenvalue weighted by Crippen LogP contribution is -2.52. The fraction of sp³-hybridized carbons (Fsp3) is 0.714. The highest BCUT2D eigenvalue weighted by Crippen LogP contribution is 2.24. The van der Waals surface area contributed by atoms with Crippen LogP contribution in [-0.2, 0) is 6.42 Å². The Balaban J connectivity index is 1.48. The highest BCUT2D eigenvalue weighted by Gasteiger charge is 2.30. The van der Waals surface area contributed by atoms with Crippen LogP contribution in [0.4, 0.5) is 0 Å². The van der Waals surface area contributed by atoms with Crippen LogP contribution in [0, 0.1) is 5.92 Å². The Morgan fingerprint density at radius 1 is 1.41 bits per heavy atom. The second-order valence-corrected chi connectivity index (χ2v) is 6.21. The summed E-state index contributed by atoms with van der Waals surface area (Å²) in [4.78, 5) is 2.67. The van der Waals surface area contributed by atoms with Crippen LogP contribution < -0.4 is 5.32 Å². The van der Waals surface area contributed by atoms with E-state index in [1.807, 2.05) is 11.3 Å². The van der Waals surface area contributed by atoms with Gasteiger partial charge in [-0.2, -0.15) is 11.3 Å². The topological polar surface area (TPSA) is 15.3 Å². The number of hydrogen-bond acceptors (Lipinski definition) is 3. The lowest BCUT2D eigenvalue weighted by Gasteiger charge is -2.41. The van der Waals surface area contributed by atoms with Crippen molar-refractivity contribution in [3.8, 4) is 0 Å². The molecule has 3 heterocycles. The molecule has 2 aliphatic rings. The van der Waals surface area contributed by atoms with Gasteiger partial charge in [0.1, 0.15) is 0 Å². The summed E-state index contributed by atoms with van der Waals surface area (Å²) in [5.41, 5.74) is 1.51. The SMILES string of the molecule is c1cc(CCN2CCC3NCCCC3C2)cs1. The van der Waals surface area contributed by atoms with Crippen molar-refractivity contribution in [3.05, 3.63) is 22.4 Å². The molecule has 0 amide bonds. The van der Waals surface area contributed by atoms with Crippen molar-refractivity contribution < 1.29 is 0 Å². The zero-order valence-corrected chi connectivity index (χ0v) is 11.2. The quantitative estimate of drug-likeness (QED) is 0.886. The molecule has 3 heteroatoms. The molecule has 0 aromatic carbocycles. The first-order chi connectivity index (χ1) is 8.42. The monoisotopic (exact) mass is 250 g/mol. The molecule has 94 valence electrons. The van der Waals surface area contributed by atoms with Gasteiger partial charge in [-0.25, -0.2) is 0 Å². The third kappa shape index (κ3) is 2.90. The van der Waals surface area contributed by atoms with Crippen molar-refractivity contribution in [1.82, 2.24) is 10.2 Å². The second kappa shape index (κ2) is 5.51. The number of rotatable bonds is 3. The molecular weight excluding hydrogens is 228 g/mol. The number of thiophene rings is 1. The molecule has 3 rings (SSSR count). The predicted octanol–water partition coefficient (Wildman–Crippen LogP) is 2.36. The molecule has 2 atom stereocenters. The van der Waals surface area contributed by atoms with Gasteiger partial charge in [0.25, 0.3) is 0 Å². The van der Waals surface area contributed by atoms with Crippen molar-refractivity contribution in [2.45, 2.75) is 31.7 Å². The Hall–Kier alpha value is -0.380. The van der Waals surface area contributed by atoms with Crippen LogP contribution in [0.1, 0.15) is 24.8 Å². The Morgan fingerprint density at radius 2 is 2.41 bits per heavy atom. The van der Waals surface area contributed by atoms with E-state index in [1.54, 1.807) is 0 Å². The third-order valence-corrected chi connectivity index (χ3v) is 5.01. The first kappa shape index (κ1) is 11.7. The molecule has 2 fully saturated rings. The van der Waals surface area contributed by atoms with Crippen LogP contribution in [0.3, 0.4) is 0 Å². The number of likely N-dealkylation sites (tertiary alicyclic amines) is 1. The largest absolute Gasteiger partial charge is 0.314 e. The van der Waals surface area contributed by atoms with Crippen molar-refractivity contribution in [2.24, 2.45) is 5.92 Å². The molecule has 2 nitrogen and oxygen atoms in total. The lowest BCUT2D eigenvalue weighted by atomic mass is 9.85. The number of nitrogens with zero attached hydrogens (tertiary/aromatic N) is 1. The van der Waals surface area contributed by atoms with Crippen LogP contribution in [0.2, 0.25) is 0 Å². The molecule has 1 N–H and O–H groups in total. The van der Waals surface area contributed by atoms with E-state index < -0.39 is 0 Å². The number of piperidine rings is 2. The van der Waals surface area contributed by atoms with Gasteiger partial charge in [-0.05, 0) is 67.1 Å². The molecule has 17 heavy (non-hydrogen) atoms. The van der Waals surface area contributed by atoms with Crippen LogP contribution >= 0.6 is 11.3 Å². The normalized spacial score (nSPS) is 30.1. The van der Waals surface area contributed by atoms with Crippen LogP contribution in [0.5, 0.6) is 0 Å². The van der Waals surface area contributed by atoms with E-state index in [-0.39, 0.29) is 0 Å². The predicted molar refractivity (Wildman–Crippen MR) is 73.6 cm³/mol. The molecule has 2 aliphatic heterocycles. The maximum atomic E-state index is 3.69. The van der Waals surface area contributed by atoms with E-state index in [4.69, 9.17) is 0 Å². The van der Waals surface area contributed by atoms with Crippen molar-refractivity contribution >= 4 is 11.3 Å². The lowest BCUT2D eigenvalue weighted by molar-refractivity contribution is 0.115. The standard InChI is InChI=1S/C14H22N2S/c1-2-13-10-16(8-4-14(13)15-6-1)7-3-12-5-9-17-11-12/h5,9,11,13-15H,1-4,6-8,10H2. The minimum atomic E-state index is 0.821. The molecule has 2 saturated heterocycles. The first-order valence-corrected chi connectivity index (χ1v) is 7.83. The summed E-state index contributed by atoms with van der Waals surface area (Å²) in [5, 5.41) is 8.16. The smallest absolute Gasteiger partial charge is 0.0120 e. The summed E-state index contributed by atoms with van der Waals surface area (Å²) in [6, 6.07) is 3.08. The Morgan fingerprint density at radius 3 is 3.29 bits per heavy atom. The summed E-state index contributed by atoms with van der Waals surface area (Å²) < 4.78 is 0. The summed E-state index contributed by atoms with van der Waals surface area (Å²) in [6.45, 7) is 5.11. The van der Waals surface area contributed by atoms with E-state index in [9.17, 15) is 0 Å². The molecule has 1 aromatic heterocycles. The summed E-state index contributed by atoms with van der Waals surface area (Å²) >= 11 is 1.82. The van der Waals surface area contributed by atoms with Gasteiger partial charge in [0.15, 0.2) is 0 Å². The summed E-state index contributed by atoms with van der Waals surface area (Å²) in [6.07, 6.45) is 5.40. The Bertz CT molecular complexity index is 336. The molecule has 2 unspecified atom stereocenters. The molecule has 0 aliphatic carbocycles. The van der Waals surface area contributed by atoms with Crippen LogP contribution in [-0.4, -0.2) is 37.1 Å². The summed E-state index contributed by atoms with van der Waals surface area (Å²) in [5.74, 6) is 0.917. The number of hydrogen-bond donors (Lipinski definition) is 1. The van der Waals surface area contributed by atoms with Crippen molar-refractivity contribution in [1.29, 1.82) is 0 Å². The molecule has 0 spiro atoms. The molecule has 0 radical (unpaired) electrons. The van der Waals surface area contributed by atoms with Crippen LogP contribution in [0.25, 0.3) is 0 Å². The van der Waals surface area contributed by atoms with Gasteiger partial charge in [-0.3, -0.25) is 0 Å². The zero-order chi connectivity index (χ0) is 11.5. The molecule has 1 aromatic rings. The summed E-state index contributed by atoms with van der Waals surface area (Å²) in [7, 11) is 0. The van der Waals surface area contributed by atoms with E-state index in [0.717, 1.165) is 12.0 Å². The number of fused-ring (bicyclic) bond motifs is 1. The van der Waals surface area contributed by atoms with Gasteiger partial charge in [0.05, 0.1) is 0 Å². The van der Waals surface area contributed by atoms with Gasteiger partial charge < -0.3 is 10.2 Å². The van der Waals surface area contributed by atoms with E-state index in [1.165, 1.54) is 57.4 Å². The molecule has 0 saturated carbocycles. The Kier molecular flexibility index (Phi) is 3.79. The van der Waals surface area contributed by atoms with Gasteiger partial charge in [-0.15, -0.1) is 0 Å². The Labute approximate surface area is 108 Å². The number of nitrogens with one attached hydrogen (secondary N) is 1. The first-order valence-electron chi connectivity index (χ1n) is 6.88. The highest BCUT2D eigenvalue weighted by atomic mass is 32.1. The molecular formula is C14H22N2S. The van der Waals surface area contributed by atoms with Crippen molar-refractivity contribution in [3.63, 3.8) is 0 Å². The van der Waals surface area contributed by atoms with Gasteiger partial charge in [-0.1, -0.05) is 0 Å². The molecule has 0 bridgehead atoms. The fourth-order valence-electron chi connectivity index (χ4n) is 3.25. The van der Waals surface area contributed by atoms with E-state index in [2.05, 4.69) is 27.0 Å². The maximum absolute atomic E-state index is 3.69. The fourth-order valence-corrected chi connectivity index (χ4v) is 3.95. The van der Waals surface area contributed by atoms with Crippen molar-refractivity contribution in [2.75, 3.05) is 26.2 Å². The minimum Gasteiger partial charge on any atom is -0.314 e. The third-order valence-electron chi connectivity index (χ3n) is 4.27.